The fourth-order valence-corrected chi connectivity index (χ4v) is 2.29. The molecule has 20 heavy (non-hydrogen) atoms. The number of aryl methyl sites for hydroxylation is 1. The second-order valence-corrected chi connectivity index (χ2v) is 6.17. The average Bonchev–Trinajstić information content (AvgIpc) is 2.35. The lowest BCUT2D eigenvalue weighted by Gasteiger charge is -2.27. The van der Waals surface area contributed by atoms with Crippen molar-refractivity contribution in [2.24, 2.45) is 17.7 Å². The second-order valence-electron chi connectivity index (χ2n) is 6.17. The van der Waals surface area contributed by atoms with E-state index in [1.54, 1.807) is 0 Å². The van der Waals surface area contributed by atoms with Crippen LogP contribution in [0.2, 0.25) is 0 Å². The van der Waals surface area contributed by atoms with Crippen molar-refractivity contribution in [3.05, 3.63) is 29.3 Å². The number of nitrogens with zero attached hydrogens (tertiary/aromatic N) is 1. The molecule has 0 unspecified atom stereocenters. The van der Waals surface area contributed by atoms with Gasteiger partial charge in [0.15, 0.2) is 0 Å². The highest BCUT2D eigenvalue weighted by molar-refractivity contribution is 5.96. The molecule has 4 heteroatoms. The maximum Gasteiger partial charge on any atom is 0.254 e. The highest BCUT2D eigenvalue weighted by Gasteiger charge is 2.19. The van der Waals surface area contributed by atoms with E-state index in [1.165, 1.54) is 0 Å². The number of nitrogens with two attached hydrogens (primary N) is 1. The van der Waals surface area contributed by atoms with Gasteiger partial charge < -0.3 is 10.3 Å². The average molecular weight is 277 g/mol. The van der Waals surface area contributed by atoms with Crippen molar-refractivity contribution in [1.29, 1.82) is 0 Å². The van der Waals surface area contributed by atoms with Crippen LogP contribution in [0.1, 0.15) is 43.6 Å². The molecule has 0 aromatic heterocycles. The zero-order chi connectivity index (χ0) is 15.3. The molecule has 1 amide bonds. The minimum absolute atomic E-state index is 0.105. The minimum Gasteiger partial charge on any atom is -0.338 e. The highest BCUT2D eigenvalue weighted by Crippen LogP contribution is 2.17. The van der Waals surface area contributed by atoms with Gasteiger partial charge in [0.1, 0.15) is 0 Å². The van der Waals surface area contributed by atoms with E-state index in [9.17, 15) is 4.79 Å². The third-order valence-electron chi connectivity index (χ3n) is 3.08. The first-order valence-electron chi connectivity index (χ1n) is 7.21. The summed E-state index contributed by atoms with van der Waals surface area (Å²) >= 11 is 0. The van der Waals surface area contributed by atoms with Crippen molar-refractivity contribution in [3.63, 3.8) is 0 Å². The van der Waals surface area contributed by atoms with Crippen LogP contribution in [-0.4, -0.2) is 23.9 Å². The quantitative estimate of drug-likeness (QED) is 0.620. The fraction of sp³-hybridized carbons (Fsp3) is 0.562. The number of anilines is 1. The van der Waals surface area contributed by atoms with Crippen molar-refractivity contribution < 1.29 is 4.79 Å². The molecule has 4 nitrogen and oxygen atoms in total. The van der Waals surface area contributed by atoms with E-state index in [2.05, 4.69) is 33.1 Å². The Hall–Kier alpha value is -1.55. The molecule has 0 spiro atoms. The number of hydrazine groups is 1. The maximum absolute atomic E-state index is 12.7. The van der Waals surface area contributed by atoms with Crippen molar-refractivity contribution in [1.82, 2.24) is 4.90 Å². The Morgan fingerprint density at radius 2 is 1.75 bits per heavy atom. The Bertz CT molecular complexity index is 445. The van der Waals surface area contributed by atoms with Crippen LogP contribution in [0.15, 0.2) is 18.2 Å². The largest absolute Gasteiger partial charge is 0.338 e. The van der Waals surface area contributed by atoms with Gasteiger partial charge >= 0.3 is 0 Å². The molecule has 0 atom stereocenters. The maximum atomic E-state index is 12.7. The van der Waals surface area contributed by atoms with Gasteiger partial charge in [-0.15, -0.1) is 0 Å². The Kier molecular flexibility index (Phi) is 6.02. The molecular weight excluding hydrogens is 250 g/mol. The normalized spacial score (nSPS) is 11.0. The van der Waals surface area contributed by atoms with Crippen LogP contribution in [0.3, 0.4) is 0 Å². The molecule has 0 saturated carbocycles. The zero-order valence-corrected chi connectivity index (χ0v) is 13.2. The van der Waals surface area contributed by atoms with E-state index in [0.29, 0.717) is 11.8 Å². The van der Waals surface area contributed by atoms with Gasteiger partial charge in [0.2, 0.25) is 0 Å². The number of nitrogen functional groups attached to an aromatic ring is 1. The smallest absolute Gasteiger partial charge is 0.254 e. The van der Waals surface area contributed by atoms with E-state index in [0.717, 1.165) is 29.9 Å². The van der Waals surface area contributed by atoms with Gasteiger partial charge in [-0.1, -0.05) is 27.7 Å². The molecular formula is C16H27N3O. The van der Waals surface area contributed by atoms with E-state index in [1.807, 2.05) is 30.0 Å². The Morgan fingerprint density at radius 3 is 2.15 bits per heavy atom. The first-order chi connectivity index (χ1) is 9.35. The molecule has 1 rings (SSSR count). The topological polar surface area (TPSA) is 58.4 Å². The fourth-order valence-electron chi connectivity index (χ4n) is 2.29. The number of hydrogen-bond acceptors (Lipinski definition) is 3. The Morgan fingerprint density at radius 1 is 1.20 bits per heavy atom. The number of carbonyl (C=O) groups is 1. The molecule has 0 aliphatic rings. The molecule has 0 bridgehead atoms. The molecule has 0 saturated heterocycles. The zero-order valence-electron chi connectivity index (χ0n) is 13.2. The summed E-state index contributed by atoms with van der Waals surface area (Å²) in [4.78, 5) is 14.7. The number of carbonyl (C=O) groups excluding carboxylic acids is 1. The highest BCUT2D eigenvalue weighted by atomic mass is 16.2. The van der Waals surface area contributed by atoms with Crippen LogP contribution in [-0.2, 0) is 0 Å². The van der Waals surface area contributed by atoms with E-state index in [-0.39, 0.29) is 5.91 Å². The van der Waals surface area contributed by atoms with E-state index >= 15 is 0 Å². The molecule has 0 radical (unpaired) electrons. The number of hydrogen-bond donors (Lipinski definition) is 2. The molecule has 112 valence electrons. The van der Waals surface area contributed by atoms with Gasteiger partial charge in [0.05, 0.1) is 0 Å². The predicted octanol–water partition coefficient (Wildman–Crippen LogP) is 3.03. The van der Waals surface area contributed by atoms with Crippen LogP contribution in [0.4, 0.5) is 5.69 Å². The second kappa shape index (κ2) is 7.29. The molecule has 1 aromatic carbocycles. The SMILES string of the molecule is Cc1cc(NN)ccc1C(=O)N(CC(C)C)CC(C)C. The van der Waals surface area contributed by atoms with Crippen molar-refractivity contribution in [2.75, 3.05) is 18.5 Å². The molecule has 0 aliphatic heterocycles. The number of nitrogens with one attached hydrogen (secondary N) is 1. The van der Waals surface area contributed by atoms with E-state index in [4.69, 9.17) is 5.84 Å². The van der Waals surface area contributed by atoms with Crippen molar-refractivity contribution >= 4 is 11.6 Å². The lowest BCUT2D eigenvalue weighted by molar-refractivity contribution is 0.0714. The summed E-state index contributed by atoms with van der Waals surface area (Å²) in [6, 6.07) is 5.58. The van der Waals surface area contributed by atoms with Gasteiger partial charge in [-0.25, -0.2) is 0 Å². The van der Waals surface area contributed by atoms with Gasteiger partial charge in [-0.2, -0.15) is 0 Å². The third-order valence-corrected chi connectivity index (χ3v) is 3.08. The summed E-state index contributed by atoms with van der Waals surface area (Å²) in [5.74, 6) is 6.42. The van der Waals surface area contributed by atoms with Crippen LogP contribution >= 0.6 is 0 Å². The summed E-state index contributed by atoms with van der Waals surface area (Å²) in [5.41, 5.74) is 5.12. The summed E-state index contributed by atoms with van der Waals surface area (Å²) < 4.78 is 0. The van der Waals surface area contributed by atoms with Gasteiger partial charge in [0, 0.05) is 24.3 Å². The third kappa shape index (κ3) is 4.53. The van der Waals surface area contributed by atoms with Crippen molar-refractivity contribution in [2.45, 2.75) is 34.6 Å². The molecule has 0 heterocycles. The molecule has 0 fully saturated rings. The van der Waals surface area contributed by atoms with Gasteiger partial charge in [-0.3, -0.25) is 10.6 Å². The molecule has 1 aromatic rings. The number of amides is 1. The molecule has 0 aliphatic carbocycles. The number of rotatable bonds is 6. The van der Waals surface area contributed by atoms with Gasteiger partial charge in [-0.05, 0) is 42.5 Å². The minimum atomic E-state index is 0.105. The lowest BCUT2D eigenvalue weighted by Crippen LogP contribution is -2.37. The predicted molar refractivity (Wildman–Crippen MR) is 84.6 cm³/mol. The molecule has 3 N–H and O–H groups in total. The standard InChI is InChI=1S/C16H27N3O/c1-11(2)9-19(10-12(3)4)16(20)15-7-6-14(18-17)8-13(15)5/h6-8,11-12,18H,9-10,17H2,1-5H3. The first-order valence-corrected chi connectivity index (χ1v) is 7.21. The van der Waals surface area contributed by atoms with Crippen LogP contribution < -0.4 is 11.3 Å². The summed E-state index contributed by atoms with van der Waals surface area (Å²) in [6.07, 6.45) is 0. The summed E-state index contributed by atoms with van der Waals surface area (Å²) in [7, 11) is 0. The Labute approximate surface area is 122 Å². The van der Waals surface area contributed by atoms with Gasteiger partial charge in [0.25, 0.3) is 5.91 Å². The summed E-state index contributed by atoms with van der Waals surface area (Å²) in [6.45, 7) is 12.0. The Balaban J connectivity index is 2.99. The summed E-state index contributed by atoms with van der Waals surface area (Å²) in [5, 5.41) is 0. The monoisotopic (exact) mass is 277 g/mol. The van der Waals surface area contributed by atoms with E-state index < -0.39 is 0 Å². The number of benzene rings is 1. The first kappa shape index (κ1) is 16.5. The van der Waals surface area contributed by atoms with Crippen molar-refractivity contribution in [3.8, 4) is 0 Å². The lowest BCUT2D eigenvalue weighted by atomic mass is 10.0. The van der Waals surface area contributed by atoms with Crippen LogP contribution in [0.25, 0.3) is 0 Å². The van der Waals surface area contributed by atoms with Crippen LogP contribution in [0.5, 0.6) is 0 Å². The van der Waals surface area contributed by atoms with Crippen LogP contribution in [0, 0.1) is 18.8 Å².